The van der Waals surface area contributed by atoms with E-state index in [1.807, 2.05) is 30.5 Å². The highest BCUT2D eigenvalue weighted by Gasteiger charge is 2.02. The van der Waals surface area contributed by atoms with E-state index in [9.17, 15) is 0 Å². The SMILES string of the molecule is CN(C)CCCNc1nccc2cc(N)ccc12. The Labute approximate surface area is 108 Å². The van der Waals surface area contributed by atoms with Gasteiger partial charge in [-0.1, -0.05) is 0 Å². The molecule has 0 bridgehead atoms. The third-order valence-electron chi connectivity index (χ3n) is 2.86. The molecule has 0 saturated heterocycles. The molecule has 1 heterocycles. The van der Waals surface area contributed by atoms with Crippen molar-refractivity contribution in [3.63, 3.8) is 0 Å². The maximum atomic E-state index is 5.78. The van der Waals surface area contributed by atoms with Crippen LogP contribution in [0.3, 0.4) is 0 Å². The molecule has 0 radical (unpaired) electrons. The van der Waals surface area contributed by atoms with Crippen molar-refractivity contribution >= 4 is 22.3 Å². The fraction of sp³-hybridized carbons (Fsp3) is 0.357. The molecule has 0 aliphatic heterocycles. The smallest absolute Gasteiger partial charge is 0.133 e. The Kier molecular flexibility index (Phi) is 3.99. The van der Waals surface area contributed by atoms with Gasteiger partial charge in [-0.3, -0.25) is 0 Å². The molecule has 1 aromatic heterocycles. The summed E-state index contributed by atoms with van der Waals surface area (Å²) in [5.41, 5.74) is 6.57. The van der Waals surface area contributed by atoms with Crippen LogP contribution in [0.25, 0.3) is 10.8 Å². The summed E-state index contributed by atoms with van der Waals surface area (Å²) in [6.07, 6.45) is 2.91. The molecule has 0 aliphatic carbocycles. The van der Waals surface area contributed by atoms with Crippen molar-refractivity contribution in [1.29, 1.82) is 0 Å². The highest BCUT2D eigenvalue weighted by atomic mass is 15.1. The summed E-state index contributed by atoms with van der Waals surface area (Å²) in [4.78, 5) is 6.57. The van der Waals surface area contributed by atoms with Gasteiger partial charge in [-0.15, -0.1) is 0 Å². The van der Waals surface area contributed by atoms with E-state index in [1.54, 1.807) is 0 Å². The third kappa shape index (κ3) is 3.11. The summed E-state index contributed by atoms with van der Waals surface area (Å²) >= 11 is 0. The third-order valence-corrected chi connectivity index (χ3v) is 2.86. The predicted octanol–water partition coefficient (Wildman–Crippen LogP) is 2.18. The van der Waals surface area contributed by atoms with E-state index in [4.69, 9.17) is 5.73 Å². The van der Waals surface area contributed by atoms with Gasteiger partial charge >= 0.3 is 0 Å². The van der Waals surface area contributed by atoms with Crippen LogP contribution in [-0.2, 0) is 0 Å². The summed E-state index contributed by atoms with van der Waals surface area (Å²) in [5, 5.41) is 5.63. The second-order valence-corrected chi connectivity index (χ2v) is 4.72. The molecule has 1 aromatic carbocycles. The molecule has 0 amide bonds. The monoisotopic (exact) mass is 244 g/mol. The zero-order valence-electron chi connectivity index (χ0n) is 11.0. The van der Waals surface area contributed by atoms with Crippen LogP contribution in [-0.4, -0.2) is 37.1 Å². The van der Waals surface area contributed by atoms with E-state index in [-0.39, 0.29) is 0 Å². The fourth-order valence-electron chi connectivity index (χ4n) is 1.94. The second-order valence-electron chi connectivity index (χ2n) is 4.72. The number of nitrogens with zero attached hydrogens (tertiary/aromatic N) is 2. The first-order chi connectivity index (χ1) is 8.66. The van der Waals surface area contributed by atoms with E-state index in [2.05, 4.69) is 29.3 Å². The normalized spacial score (nSPS) is 11.1. The molecule has 0 spiro atoms. The molecule has 0 atom stereocenters. The highest BCUT2D eigenvalue weighted by molar-refractivity contribution is 5.93. The molecule has 2 rings (SSSR count). The molecular formula is C14H20N4. The zero-order valence-corrected chi connectivity index (χ0v) is 11.0. The minimum Gasteiger partial charge on any atom is -0.399 e. The number of nitrogen functional groups attached to an aromatic ring is 1. The van der Waals surface area contributed by atoms with Gasteiger partial charge in [0.25, 0.3) is 0 Å². The number of pyridine rings is 1. The van der Waals surface area contributed by atoms with E-state index < -0.39 is 0 Å². The van der Waals surface area contributed by atoms with E-state index >= 15 is 0 Å². The van der Waals surface area contributed by atoms with E-state index in [0.717, 1.165) is 41.8 Å². The van der Waals surface area contributed by atoms with Gasteiger partial charge in [0.2, 0.25) is 0 Å². The largest absolute Gasteiger partial charge is 0.399 e. The summed E-state index contributed by atoms with van der Waals surface area (Å²) < 4.78 is 0. The summed E-state index contributed by atoms with van der Waals surface area (Å²) in [6.45, 7) is 2.00. The summed E-state index contributed by atoms with van der Waals surface area (Å²) in [6, 6.07) is 7.89. The van der Waals surface area contributed by atoms with Crippen LogP contribution in [0.1, 0.15) is 6.42 Å². The standard InChI is InChI=1S/C14H20N4/c1-18(2)9-3-7-16-14-13-5-4-12(15)10-11(13)6-8-17-14/h4-6,8,10H,3,7,9,15H2,1-2H3,(H,16,17). The molecule has 0 aliphatic rings. The van der Waals surface area contributed by atoms with Crippen LogP contribution in [0.4, 0.5) is 11.5 Å². The van der Waals surface area contributed by atoms with Gasteiger partial charge < -0.3 is 16.0 Å². The van der Waals surface area contributed by atoms with Gasteiger partial charge in [-0.05, 0) is 56.7 Å². The Morgan fingerprint density at radius 3 is 2.89 bits per heavy atom. The number of nitrogens with two attached hydrogens (primary N) is 1. The molecular weight excluding hydrogens is 224 g/mol. The lowest BCUT2D eigenvalue weighted by atomic mass is 10.1. The number of nitrogens with one attached hydrogen (secondary N) is 1. The molecule has 0 fully saturated rings. The van der Waals surface area contributed by atoms with E-state index in [1.165, 1.54) is 0 Å². The highest BCUT2D eigenvalue weighted by Crippen LogP contribution is 2.22. The average Bonchev–Trinajstić information content (AvgIpc) is 2.34. The Balaban J connectivity index is 2.08. The Morgan fingerprint density at radius 2 is 2.11 bits per heavy atom. The zero-order chi connectivity index (χ0) is 13.0. The van der Waals surface area contributed by atoms with Crippen molar-refractivity contribution in [2.24, 2.45) is 0 Å². The summed E-state index contributed by atoms with van der Waals surface area (Å²) in [5.74, 6) is 0.936. The lowest BCUT2D eigenvalue weighted by Crippen LogP contribution is -2.16. The minimum atomic E-state index is 0.784. The number of benzene rings is 1. The van der Waals surface area contributed by atoms with Crippen LogP contribution in [0.2, 0.25) is 0 Å². The molecule has 18 heavy (non-hydrogen) atoms. The molecule has 2 aromatic rings. The molecule has 0 saturated carbocycles. The van der Waals surface area contributed by atoms with Crippen LogP contribution in [0, 0.1) is 0 Å². The van der Waals surface area contributed by atoms with Crippen LogP contribution >= 0.6 is 0 Å². The van der Waals surface area contributed by atoms with Crippen LogP contribution in [0.15, 0.2) is 30.5 Å². The van der Waals surface area contributed by atoms with Gasteiger partial charge in [0, 0.05) is 23.8 Å². The number of rotatable bonds is 5. The van der Waals surface area contributed by atoms with Crippen molar-refractivity contribution in [1.82, 2.24) is 9.88 Å². The number of anilines is 2. The van der Waals surface area contributed by atoms with Crippen LogP contribution in [0.5, 0.6) is 0 Å². The Bertz CT molecular complexity index is 522. The average molecular weight is 244 g/mol. The second kappa shape index (κ2) is 5.69. The number of fused-ring (bicyclic) bond motifs is 1. The number of hydrogen-bond acceptors (Lipinski definition) is 4. The fourth-order valence-corrected chi connectivity index (χ4v) is 1.94. The topological polar surface area (TPSA) is 54.2 Å². The predicted molar refractivity (Wildman–Crippen MR) is 77.8 cm³/mol. The first-order valence-corrected chi connectivity index (χ1v) is 6.19. The Morgan fingerprint density at radius 1 is 1.28 bits per heavy atom. The molecule has 0 unspecified atom stereocenters. The first kappa shape index (κ1) is 12.6. The quantitative estimate of drug-likeness (QED) is 0.625. The summed E-state index contributed by atoms with van der Waals surface area (Å²) in [7, 11) is 4.16. The van der Waals surface area contributed by atoms with Gasteiger partial charge in [0.1, 0.15) is 5.82 Å². The lowest BCUT2D eigenvalue weighted by molar-refractivity contribution is 0.405. The van der Waals surface area contributed by atoms with E-state index in [0.29, 0.717) is 0 Å². The minimum absolute atomic E-state index is 0.784. The lowest BCUT2D eigenvalue weighted by Gasteiger charge is -2.11. The maximum absolute atomic E-state index is 5.78. The van der Waals surface area contributed by atoms with Gasteiger partial charge in [0.15, 0.2) is 0 Å². The molecule has 96 valence electrons. The number of aromatic nitrogens is 1. The van der Waals surface area contributed by atoms with Gasteiger partial charge in [0.05, 0.1) is 0 Å². The molecule has 4 heteroatoms. The van der Waals surface area contributed by atoms with Gasteiger partial charge in [-0.2, -0.15) is 0 Å². The maximum Gasteiger partial charge on any atom is 0.133 e. The van der Waals surface area contributed by atoms with Gasteiger partial charge in [-0.25, -0.2) is 4.98 Å². The van der Waals surface area contributed by atoms with Crippen molar-refractivity contribution in [3.8, 4) is 0 Å². The van der Waals surface area contributed by atoms with Crippen molar-refractivity contribution in [3.05, 3.63) is 30.5 Å². The Hall–Kier alpha value is -1.81. The number of hydrogen-bond donors (Lipinski definition) is 2. The van der Waals surface area contributed by atoms with Crippen molar-refractivity contribution < 1.29 is 0 Å². The van der Waals surface area contributed by atoms with Crippen molar-refractivity contribution in [2.45, 2.75) is 6.42 Å². The van der Waals surface area contributed by atoms with Crippen molar-refractivity contribution in [2.75, 3.05) is 38.2 Å². The van der Waals surface area contributed by atoms with Crippen LogP contribution < -0.4 is 11.1 Å². The first-order valence-electron chi connectivity index (χ1n) is 6.19. The molecule has 4 nitrogen and oxygen atoms in total. The molecule has 3 N–H and O–H groups in total.